The van der Waals surface area contributed by atoms with Crippen molar-refractivity contribution in [2.45, 2.75) is 118 Å². The van der Waals surface area contributed by atoms with Crippen molar-refractivity contribution in [3.05, 3.63) is 11.6 Å². The van der Waals surface area contributed by atoms with E-state index in [4.69, 9.17) is 0 Å². The lowest BCUT2D eigenvalue weighted by molar-refractivity contribution is -0.242. The zero-order valence-electron chi connectivity index (χ0n) is 22.6. The maximum atomic E-state index is 12.8. The molecular weight excluding hydrogens is 424 g/mol. The van der Waals surface area contributed by atoms with Crippen LogP contribution in [0.3, 0.4) is 0 Å². The molecule has 34 heavy (non-hydrogen) atoms. The zero-order chi connectivity index (χ0) is 25.1. The van der Waals surface area contributed by atoms with E-state index in [1.165, 1.54) is 5.57 Å². The van der Waals surface area contributed by atoms with E-state index in [0.717, 1.165) is 57.8 Å². The molecule has 4 nitrogen and oxygen atoms in total. The molecule has 4 fully saturated rings. The first-order valence-electron chi connectivity index (χ1n) is 13.9. The Hall–Kier alpha value is -0.870. The van der Waals surface area contributed by atoms with Gasteiger partial charge in [0.1, 0.15) is 0 Å². The number of carbonyl (C=O) groups is 1. The van der Waals surface area contributed by atoms with Crippen molar-refractivity contribution in [1.82, 2.24) is 0 Å². The van der Waals surface area contributed by atoms with E-state index in [1.807, 2.05) is 0 Å². The second kappa shape index (κ2) is 7.12. The quantitative estimate of drug-likeness (QED) is 0.397. The Bertz CT molecular complexity index is 919. The van der Waals surface area contributed by atoms with Crippen LogP contribution in [0.2, 0.25) is 0 Å². The monoisotopic (exact) mass is 472 g/mol. The highest BCUT2D eigenvalue weighted by Gasteiger charge is 2.70. The van der Waals surface area contributed by atoms with Gasteiger partial charge in [-0.3, -0.25) is 4.79 Å². The molecule has 0 amide bonds. The van der Waals surface area contributed by atoms with Gasteiger partial charge in [-0.2, -0.15) is 0 Å². The molecule has 0 unspecified atom stereocenters. The number of aliphatic hydroxyl groups excluding tert-OH is 2. The second-order valence-corrected chi connectivity index (χ2v) is 15.2. The van der Waals surface area contributed by atoms with Gasteiger partial charge in [-0.25, -0.2) is 0 Å². The van der Waals surface area contributed by atoms with Gasteiger partial charge in [-0.05, 0) is 103 Å². The number of carboxylic acid groups (broad SMARTS) is 1. The number of rotatable bonds is 1. The number of carboxylic acids is 1. The van der Waals surface area contributed by atoms with E-state index in [-0.39, 0.29) is 45.0 Å². The van der Waals surface area contributed by atoms with E-state index >= 15 is 0 Å². The third-order valence-corrected chi connectivity index (χ3v) is 12.9. The molecule has 0 aromatic carbocycles. The van der Waals surface area contributed by atoms with Crippen LogP contribution in [0.4, 0.5) is 0 Å². The van der Waals surface area contributed by atoms with Gasteiger partial charge in [0, 0.05) is 0 Å². The van der Waals surface area contributed by atoms with Crippen molar-refractivity contribution < 1.29 is 20.1 Å². The van der Waals surface area contributed by atoms with Crippen LogP contribution >= 0.6 is 0 Å². The largest absolute Gasteiger partial charge is 0.481 e. The van der Waals surface area contributed by atoms with Crippen molar-refractivity contribution in [2.75, 3.05) is 0 Å². The molecule has 5 aliphatic rings. The van der Waals surface area contributed by atoms with Crippen molar-refractivity contribution in [2.24, 2.45) is 50.2 Å². The van der Waals surface area contributed by atoms with Crippen LogP contribution in [0.5, 0.6) is 0 Å². The molecule has 0 radical (unpaired) electrons. The molecular formula is C30H48O4. The lowest BCUT2D eigenvalue weighted by Crippen LogP contribution is -2.68. The van der Waals surface area contributed by atoms with E-state index in [2.05, 4.69) is 54.5 Å². The second-order valence-electron chi connectivity index (χ2n) is 15.2. The Morgan fingerprint density at radius 3 is 2.21 bits per heavy atom. The third-order valence-electron chi connectivity index (χ3n) is 12.9. The highest BCUT2D eigenvalue weighted by Crippen LogP contribution is 2.75. The summed E-state index contributed by atoms with van der Waals surface area (Å²) in [5.41, 5.74) is 0.421. The van der Waals surface area contributed by atoms with Crippen LogP contribution in [0, 0.1) is 50.2 Å². The van der Waals surface area contributed by atoms with Crippen molar-refractivity contribution >= 4 is 5.97 Å². The number of hydrogen-bond donors (Lipinski definition) is 3. The molecule has 0 aromatic rings. The maximum absolute atomic E-state index is 12.8. The molecule has 4 heteroatoms. The number of aliphatic hydroxyl groups is 2. The fourth-order valence-electron chi connectivity index (χ4n) is 10.8. The number of fused-ring (bicyclic) bond motifs is 7. The Labute approximate surface area is 206 Å². The van der Waals surface area contributed by atoms with Gasteiger partial charge in [-0.15, -0.1) is 0 Å². The molecule has 3 N–H and O–H groups in total. The lowest BCUT2D eigenvalue weighted by atomic mass is 9.33. The normalized spacial score (nSPS) is 53.4. The van der Waals surface area contributed by atoms with Crippen LogP contribution in [-0.4, -0.2) is 33.5 Å². The summed E-state index contributed by atoms with van der Waals surface area (Å²) in [6.45, 7) is 16.2. The summed E-state index contributed by atoms with van der Waals surface area (Å²) in [7, 11) is 0. The van der Waals surface area contributed by atoms with Gasteiger partial charge in [0.05, 0.1) is 17.6 Å². The first kappa shape index (κ1) is 24.8. The molecule has 4 saturated carbocycles. The predicted molar refractivity (Wildman–Crippen MR) is 134 cm³/mol. The van der Waals surface area contributed by atoms with E-state index in [9.17, 15) is 20.1 Å². The Kier molecular flexibility index (Phi) is 5.20. The summed E-state index contributed by atoms with van der Waals surface area (Å²) in [6, 6.07) is 0. The summed E-state index contributed by atoms with van der Waals surface area (Å²) in [4.78, 5) is 12.8. The molecule has 0 heterocycles. The van der Waals surface area contributed by atoms with E-state index in [1.54, 1.807) is 0 Å². The molecule has 5 aliphatic carbocycles. The molecule has 0 spiro atoms. The highest BCUT2D eigenvalue weighted by molar-refractivity contribution is 5.76. The summed E-state index contributed by atoms with van der Waals surface area (Å²) in [5.74, 6) is 0.0121. The Morgan fingerprint density at radius 1 is 0.912 bits per heavy atom. The Morgan fingerprint density at radius 2 is 1.56 bits per heavy atom. The molecule has 0 bridgehead atoms. The minimum Gasteiger partial charge on any atom is -0.481 e. The zero-order valence-corrected chi connectivity index (χ0v) is 22.6. The van der Waals surface area contributed by atoms with Crippen LogP contribution in [0.25, 0.3) is 0 Å². The average molecular weight is 473 g/mol. The van der Waals surface area contributed by atoms with Gasteiger partial charge in [-0.1, -0.05) is 60.1 Å². The standard InChI is InChI=1S/C30H48O4/c1-25(2)12-14-30(24(33)34)15-13-28(6)18(19(30)16-25)8-9-21-27(5)11-10-22(32)26(3,4)23(27)20(31)17-29(21,28)7/h8,19-23,31-32H,9-17H2,1-7H3,(H,33,34)/t19-,20+,21-,22-,23-,27+,28+,29+,30-/m0/s1. The first-order valence-corrected chi connectivity index (χ1v) is 13.9. The third kappa shape index (κ3) is 2.88. The number of aliphatic carboxylic acids is 1. The van der Waals surface area contributed by atoms with Gasteiger partial charge < -0.3 is 15.3 Å². The number of allylic oxidation sites excluding steroid dienone is 2. The lowest BCUT2D eigenvalue weighted by Gasteiger charge is -2.72. The SMILES string of the molecule is CC1(C)CC[C@]2(C(=O)O)CC[C@]3(C)C(=CC[C@H]4[C@@]5(C)CC[C@H](O)C(C)(C)[C@@H]5[C@H](O)C[C@]43C)[C@@H]2C1. The number of hydrogen-bond acceptors (Lipinski definition) is 3. The predicted octanol–water partition coefficient (Wildman–Crippen LogP) is 6.20. The Balaban J connectivity index is 1.63. The average Bonchev–Trinajstić information content (AvgIpc) is 2.70. The van der Waals surface area contributed by atoms with Gasteiger partial charge in [0.25, 0.3) is 0 Å². The molecule has 9 atom stereocenters. The minimum atomic E-state index is -0.624. The fourth-order valence-corrected chi connectivity index (χ4v) is 10.8. The molecule has 5 rings (SSSR count). The van der Waals surface area contributed by atoms with E-state index in [0.29, 0.717) is 5.92 Å². The van der Waals surface area contributed by atoms with Gasteiger partial charge in [0.2, 0.25) is 0 Å². The fraction of sp³-hybridized carbons (Fsp3) is 0.900. The van der Waals surface area contributed by atoms with Gasteiger partial charge >= 0.3 is 5.97 Å². The maximum Gasteiger partial charge on any atom is 0.310 e. The molecule has 0 saturated heterocycles. The minimum absolute atomic E-state index is 0.0344. The van der Waals surface area contributed by atoms with Crippen molar-refractivity contribution in [1.29, 1.82) is 0 Å². The molecule has 0 aliphatic heterocycles. The topological polar surface area (TPSA) is 77.8 Å². The van der Waals surface area contributed by atoms with E-state index < -0.39 is 17.5 Å². The first-order chi connectivity index (χ1) is 15.6. The van der Waals surface area contributed by atoms with Crippen molar-refractivity contribution in [3.8, 4) is 0 Å². The summed E-state index contributed by atoms with van der Waals surface area (Å²) in [5, 5.41) is 33.1. The molecule has 0 aromatic heterocycles. The smallest absolute Gasteiger partial charge is 0.310 e. The molecule has 192 valence electrons. The summed E-state index contributed by atoms with van der Waals surface area (Å²) in [6.07, 6.45) is 9.49. The van der Waals surface area contributed by atoms with Gasteiger partial charge in [0.15, 0.2) is 0 Å². The van der Waals surface area contributed by atoms with Crippen LogP contribution < -0.4 is 0 Å². The van der Waals surface area contributed by atoms with Crippen LogP contribution in [0.1, 0.15) is 106 Å². The highest BCUT2D eigenvalue weighted by atomic mass is 16.4. The van der Waals surface area contributed by atoms with Crippen LogP contribution in [0.15, 0.2) is 11.6 Å². The van der Waals surface area contributed by atoms with Crippen molar-refractivity contribution in [3.63, 3.8) is 0 Å². The summed E-state index contributed by atoms with van der Waals surface area (Å²) < 4.78 is 0. The summed E-state index contributed by atoms with van der Waals surface area (Å²) >= 11 is 0. The van der Waals surface area contributed by atoms with Crippen LogP contribution in [-0.2, 0) is 4.79 Å².